The van der Waals surface area contributed by atoms with Crippen LogP contribution >= 0.6 is 0 Å². The fourth-order valence-corrected chi connectivity index (χ4v) is 3.90. The molecule has 0 amide bonds. The molecule has 1 heterocycles. The molecule has 1 fully saturated rings. The number of aliphatic hydroxyl groups excluding tert-OH is 1. The van der Waals surface area contributed by atoms with Crippen LogP contribution in [0.5, 0.6) is 0 Å². The van der Waals surface area contributed by atoms with Crippen LogP contribution in [0.1, 0.15) is 16.7 Å². The summed E-state index contributed by atoms with van der Waals surface area (Å²) in [7, 11) is 0. The Labute approximate surface area is 195 Å². The lowest BCUT2D eigenvalue weighted by Crippen LogP contribution is -2.59. The molecular weight excluding hydrogens is 416 g/mol. The summed E-state index contributed by atoms with van der Waals surface area (Å²) < 4.78 is 24.6. The van der Waals surface area contributed by atoms with Crippen molar-refractivity contribution in [2.75, 3.05) is 0 Å². The minimum atomic E-state index is -1.17. The summed E-state index contributed by atoms with van der Waals surface area (Å²) in [6.07, 6.45) is -1.87. The topological polar surface area (TPSA) is 57.2 Å². The second-order valence-electron chi connectivity index (χ2n) is 8.01. The Balaban J connectivity index is 1.54. The van der Waals surface area contributed by atoms with E-state index in [0.29, 0.717) is 19.8 Å². The monoisotopic (exact) mass is 446 g/mol. The highest BCUT2D eigenvalue weighted by Gasteiger charge is 2.46. The van der Waals surface area contributed by atoms with Gasteiger partial charge in [-0.1, -0.05) is 97.1 Å². The number of aliphatic hydroxyl groups is 1. The smallest absolute Gasteiger partial charge is 0.184 e. The van der Waals surface area contributed by atoms with Gasteiger partial charge in [-0.3, -0.25) is 0 Å². The third-order valence-electron chi connectivity index (χ3n) is 5.64. The molecule has 4 rings (SSSR count). The molecule has 1 unspecified atom stereocenters. The van der Waals surface area contributed by atoms with Gasteiger partial charge in [0.25, 0.3) is 0 Å². The normalized spacial score (nSPS) is 24.9. The summed E-state index contributed by atoms with van der Waals surface area (Å²) in [6.45, 7) is 4.94. The molecule has 3 aromatic carbocycles. The van der Waals surface area contributed by atoms with E-state index in [0.717, 1.165) is 16.7 Å². The molecule has 1 aliphatic rings. The highest BCUT2D eigenvalue weighted by Crippen LogP contribution is 2.30. The van der Waals surface area contributed by atoms with Crippen molar-refractivity contribution in [1.82, 2.24) is 0 Å². The van der Waals surface area contributed by atoms with E-state index in [-0.39, 0.29) is 0 Å². The molecule has 0 aliphatic carbocycles. The zero-order chi connectivity index (χ0) is 22.9. The van der Waals surface area contributed by atoms with E-state index in [1.807, 2.05) is 91.0 Å². The van der Waals surface area contributed by atoms with Gasteiger partial charge < -0.3 is 24.1 Å². The maximum atomic E-state index is 10.8. The first-order valence-corrected chi connectivity index (χ1v) is 11.2. The maximum absolute atomic E-state index is 10.8. The number of ether oxygens (including phenoxy) is 4. The van der Waals surface area contributed by atoms with E-state index in [1.165, 1.54) is 0 Å². The summed E-state index contributed by atoms with van der Waals surface area (Å²) in [5.74, 6) is 0. The summed E-state index contributed by atoms with van der Waals surface area (Å²) in [4.78, 5) is 0. The van der Waals surface area contributed by atoms with Crippen LogP contribution in [0.2, 0.25) is 0 Å². The molecule has 0 radical (unpaired) electrons. The van der Waals surface area contributed by atoms with E-state index in [1.54, 1.807) is 6.08 Å². The fraction of sp³-hybridized carbons (Fsp3) is 0.286. The predicted octanol–water partition coefficient (Wildman–Crippen LogP) is 4.65. The zero-order valence-electron chi connectivity index (χ0n) is 18.5. The number of hydrogen-bond donors (Lipinski definition) is 1. The van der Waals surface area contributed by atoms with E-state index >= 15 is 0 Å². The Bertz CT molecular complexity index is 963. The number of benzene rings is 3. The van der Waals surface area contributed by atoms with Gasteiger partial charge in [-0.2, -0.15) is 0 Å². The minimum Gasteiger partial charge on any atom is -0.368 e. The number of rotatable bonds is 10. The molecule has 1 saturated heterocycles. The van der Waals surface area contributed by atoms with Crippen molar-refractivity contribution in [2.45, 2.75) is 50.5 Å². The van der Waals surface area contributed by atoms with E-state index in [4.69, 9.17) is 18.9 Å². The summed E-state index contributed by atoms with van der Waals surface area (Å²) in [6, 6.07) is 29.6. The second kappa shape index (κ2) is 11.9. The molecule has 0 spiro atoms. The Hall–Kier alpha value is -2.80. The number of hydrogen-bond acceptors (Lipinski definition) is 5. The first-order chi connectivity index (χ1) is 16.2. The molecule has 5 heteroatoms. The fourth-order valence-electron chi connectivity index (χ4n) is 3.90. The van der Waals surface area contributed by atoms with Crippen molar-refractivity contribution in [1.29, 1.82) is 0 Å². The van der Waals surface area contributed by atoms with Gasteiger partial charge in [-0.05, 0) is 16.7 Å². The Morgan fingerprint density at radius 3 is 1.45 bits per heavy atom. The van der Waals surface area contributed by atoms with E-state index < -0.39 is 30.7 Å². The van der Waals surface area contributed by atoms with Gasteiger partial charge in [-0.15, -0.1) is 6.58 Å². The van der Waals surface area contributed by atoms with Gasteiger partial charge in [0.05, 0.1) is 19.8 Å². The zero-order valence-corrected chi connectivity index (χ0v) is 18.5. The van der Waals surface area contributed by atoms with Crippen LogP contribution in [0.4, 0.5) is 0 Å². The Kier molecular flexibility index (Phi) is 8.41. The molecule has 1 N–H and O–H groups in total. The molecule has 1 aliphatic heterocycles. The second-order valence-corrected chi connectivity index (χ2v) is 8.01. The quantitative estimate of drug-likeness (QED) is 0.460. The first kappa shape index (κ1) is 23.4. The standard InChI is InChI=1S/C28H30O5/c1-2-24-25(30-18-21-12-6-3-7-13-21)26(31-19-22-14-8-4-9-15-22)27(28(29)33-24)32-20-23-16-10-5-11-17-23/h2-17,24-29H,1,18-20H2/t24-,25+,26-,27+,28?/m0/s1. The van der Waals surface area contributed by atoms with Crippen molar-refractivity contribution >= 4 is 0 Å². The van der Waals surface area contributed by atoms with Crippen LogP contribution in [-0.2, 0) is 38.8 Å². The van der Waals surface area contributed by atoms with Gasteiger partial charge in [0.1, 0.15) is 24.4 Å². The molecule has 33 heavy (non-hydrogen) atoms. The molecule has 0 saturated carbocycles. The minimum absolute atomic E-state index is 0.321. The lowest BCUT2D eigenvalue weighted by atomic mass is 9.97. The highest BCUT2D eigenvalue weighted by molar-refractivity contribution is 5.16. The van der Waals surface area contributed by atoms with Crippen molar-refractivity contribution in [3.63, 3.8) is 0 Å². The van der Waals surface area contributed by atoms with Crippen LogP contribution in [0.15, 0.2) is 104 Å². The molecule has 0 aromatic heterocycles. The van der Waals surface area contributed by atoms with E-state index in [9.17, 15) is 5.11 Å². The molecule has 5 atom stereocenters. The lowest BCUT2D eigenvalue weighted by Gasteiger charge is -2.43. The predicted molar refractivity (Wildman–Crippen MR) is 126 cm³/mol. The van der Waals surface area contributed by atoms with Crippen LogP contribution < -0.4 is 0 Å². The van der Waals surface area contributed by atoms with Gasteiger partial charge in [0, 0.05) is 0 Å². The maximum Gasteiger partial charge on any atom is 0.184 e. The van der Waals surface area contributed by atoms with Gasteiger partial charge in [-0.25, -0.2) is 0 Å². The molecule has 5 nitrogen and oxygen atoms in total. The Morgan fingerprint density at radius 2 is 1.03 bits per heavy atom. The van der Waals surface area contributed by atoms with Crippen LogP contribution in [0, 0.1) is 0 Å². The van der Waals surface area contributed by atoms with Crippen molar-refractivity contribution in [3.8, 4) is 0 Å². The highest BCUT2D eigenvalue weighted by atomic mass is 16.7. The average Bonchev–Trinajstić information content (AvgIpc) is 2.87. The van der Waals surface area contributed by atoms with E-state index in [2.05, 4.69) is 6.58 Å². The third-order valence-corrected chi connectivity index (χ3v) is 5.64. The van der Waals surface area contributed by atoms with Crippen LogP contribution in [-0.4, -0.2) is 35.8 Å². The van der Waals surface area contributed by atoms with Crippen molar-refractivity contribution < 1.29 is 24.1 Å². The Morgan fingerprint density at radius 1 is 0.636 bits per heavy atom. The summed E-state index contributed by atoms with van der Waals surface area (Å²) in [5.41, 5.74) is 3.06. The molecular formula is C28H30O5. The largest absolute Gasteiger partial charge is 0.368 e. The molecule has 172 valence electrons. The van der Waals surface area contributed by atoms with Crippen molar-refractivity contribution in [3.05, 3.63) is 120 Å². The van der Waals surface area contributed by atoms with Gasteiger partial charge in [0.15, 0.2) is 6.29 Å². The lowest BCUT2D eigenvalue weighted by molar-refractivity contribution is -0.302. The first-order valence-electron chi connectivity index (χ1n) is 11.2. The molecule has 0 bridgehead atoms. The van der Waals surface area contributed by atoms with Crippen LogP contribution in [0.25, 0.3) is 0 Å². The van der Waals surface area contributed by atoms with Crippen LogP contribution in [0.3, 0.4) is 0 Å². The molecule has 3 aromatic rings. The van der Waals surface area contributed by atoms with Crippen molar-refractivity contribution in [2.24, 2.45) is 0 Å². The SMILES string of the molecule is C=C[C@@H]1OC(O)[C@H](OCc2ccccc2)[C@@H](OCc2ccccc2)[C@@H]1OCc1ccccc1. The average molecular weight is 447 g/mol. The third kappa shape index (κ3) is 6.38. The van der Waals surface area contributed by atoms with Gasteiger partial charge in [0.2, 0.25) is 0 Å². The summed E-state index contributed by atoms with van der Waals surface area (Å²) >= 11 is 0. The summed E-state index contributed by atoms with van der Waals surface area (Å²) in [5, 5.41) is 10.8. The van der Waals surface area contributed by atoms with Gasteiger partial charge >= 0.3 is 0 Å².